The van der Waals surface area contributed by atoms with Gasteiger partial charge in [0, 0.05) is 11.1 Å². The molecule has 3 aromatic rings. The number of nitrogens with zero attached hydrogens (tertiary/aromatic N) is 1. The van der Waals surface area contributed by atoms with Gasteiger partial charge in [-0.25, -0.2) is 10.6 Å². The third-order valence-electron chi connectivity index (χ3n) is 4.42. The lowest BCUT2D eigenvalue weighted by atomic mass is 9.94. The lowest BCUT2D eigenvalue weighted by Gasteiger charge is -2.35. The van der Waals surface area contributed by atoms with E-state index < -0.39 is 12.1 Å². The minimum Gasteiger partial charge on any atom is -0.457 e. The number of hydroxylamine groups is 2. The van der Waals surface area contributed by atoms with E-state index in [2.05, 4.69) is 5.43 Å². The Bertz CT molecular complexity index is 901. The number of hydrogen-bond acceptors (Lipinski definition) is 4. The van der Waals surface area contributed by atoms with Crippen molar-refractivity contribution in [3.63, 3.8) is 0 Å². The summed E-state index contributed by atoms with van der Waals surface area (Å²) >= 11 is 0. The quantitative estimate of drug-likeness (QED) is 0.420. The van der Waals surface area contributed by atoms with Crippen LogP contribution >= 0.6 is 0 Å². The molecule has 0 saturated heterocycles. The molecule has 136 valence electrons. The molecule has 0 saturated carbocycles. The van der Waals surface area contributed by atoms with Crippen molar-refractivity contribution in [2.45, 2.75) is 12.6 Å². The average Bonchev–Trinajstić information content (AvgIpc) is 2.73. The van der Waals surface area contributed by atoms with Crippen molar-refractivity contribution in [2.75, 3.05) is 0 Å². The van der Waals surface area contributed by atoms with Crippen LogP contribution in [0.5, 0.6) is 11.5 Å². The molecular formula is C21H19N3O3. The Morgan fingerprint density at radius 1 is 0.926 bits per heavy atom. The fraction of sp³-hybridized carbons (Fsp3) is 0.0952. The van der Waals surface area contributed by atoms with Gasteiger partial charge < -0.3 is 4.74 Å². The van der Waals surface area contributed by atoms with Crippen LogP contribution in [0.3, 0.4) is 0 Å². The number of carbonyl (C=O) groups is 1. The second-order valence-electron chi connectivity index (χ2n) is 6.11. The Balaban J connectivity index is 1.74. The SMILES string of the molecule is NNC(=O)N(OCc1ccccc1)C1c2ccccc2Oc2ccccc21. The maximum Gasteiger partial charge on any atom is 0.356 e. The summed E-state index contributed by atoms with van der Waals surface area (Å²) in [7, 11) is 0. The van der Waals surface area contributed by atoms with E-state index in [1.807, 2.05) is 78.9 Å². The van der Waals surface area contributed by atoms with Gasteiger partial charge in [-0.05, 0) is 17.7 Å². The fourth-order valence-electron chi connectivity index (χ4n) is 3.17. The number of nitrogens with one attached hydrogen (secondary N) is 1. The number of urea groups is 1. The number of benzene rings is 3. The predicted molar refractivity (Wildman–Crippen MR) is 101 cm³/mol. The van der Waals surface area contributed by atoms with Crippen molar-refractivity contribution in [2.24, 2.45) is 5.84 Å². The Morgan fingerprint density at radius 2 is 1.48 bits per heavy atom. The molecule has 1 aliphatic rings. The van der Waals surface area contributed by atoms with Gasteiger partial charge in [-0.15, -0.1) is 0 Å². The zero-order valence-electron chi connectivity index (χ0n) is 14.5. The summed E-state index contributed by atoms with van der Waals surface area (Å²) in [6.07, 6.45) is 0. The van der Waals surface area contributed by atoms with E-state index in [-0.39, 0.29) is 6.61 Å². The van der Waals surface area contributed by atoms with Gasteiger partial charge in [0.05, 0.1) is 0 Å². The second kappa shape index (κ2) is 7.49. The van der Waals surface area contributed by atoms with Crippen LogP contribution in [-0.2, 0) is 11.4 Å². The molecule has 2 amide bonds. The molecule has 0 radical (unpaired) electrons. The Kier molecular flexibility index (Phi) is 4.74. The van der Waals surface area contributed by atoms with Crippen molar-refractivity contribution in [3.8, 4) is 11.5 Å². The number of hydrazine groups is 1. The Labute approximate surface area is 157 Å². The molecule has 3 aromatic carbocycles. The number of amides is 2. The van der Waals surface area contributed by atoms with Gasteiger partial charge >= 0.3 is 6.03 Å². The number of hydrogen-bond donors (Lipinski definition) is 2. The average molecular weight is 361 g/mol. The first-order valence-electron chi connectivity index (χ1n) is 8.60. The number of ether oxygens (including phenoxy) is 1. The molecule has 4 rings (SSSR count). The zero-order chi connectivity index (χ0) is 18.6. The smallest absolute Gasteiger partial charge is 0.356 e. The molecule has 1 heterocycles. The molecule has 6 heteroatoms. The van der Waals surface area contributed by atoms with Crippen molar-refractivity contribution in [1.82, 2.24) is 10.5 Å². The molecule has 0 fully saturated rings. The van der Waals surface area contributed by atoms with Crippen molar-refractivity contribution >= 4 is 6.03 Å². The summed E-state index contributed by atoms with van der Waals surface area (Å²) in [5.74, 6) is 6.80. The monoisotopic (exact) mass is 361 g/mol. The van der Waals surface area contributed by atoms with Crippen LogP contribution in [0, 0.1) is 0 Å². The highest BCUT2D eigenvalue weighted by molar-refractivity contribution is 5.74. The molecule has 0 aromatic heterocycles. The molecule has 3 N–H and O–H groups in total. The van der Waals surface area contributed by atoms with Crippen LogP contribution in [0.1, 0.15) is 22.7 Å². The van der Waals surface area contributed by atoms with Crippen LogP contribution in [0.4, 0.5) is 4.79 Å². The topological polar surface area (TPSA) is 76.8 Å². The van der Waals surface area contributed by atoms with Crippen LogP contribution in [0.15, 0.2) is 78.9 Å². The minimum atomic E-state index is -0.539. The Hall–Kier alpha value is -3.35. The first kappa shape index (κ1) is 17.1. The largest absolute Gasteiger partial charge is 0.457 e. The van der Waals surface area contributed by atoms with Gasteiger partial charge in [0.25, 0.3) is 0 Å². The standard InChI is InChI=1S/C21H19N3O3/c22-23-21(25)24(26-14-15-8-2-1-3-9-15)20-16-10-4-6-12-18(16)27-19-13-7-5-11-17(19)20/h1-13,20H,14,22H2,(H,23,25). The third kappa shape index (κ3) is 3.36. The van der Waals surface area contributed by atoms with Crippen molar-refractivity contribution in [3.05, 3.63) is 95.6 Å². The molecule has 27 heavy (non-hydrogen) atoms. The molecule has 0 spiro atoms. The molecular weight excluding hydrogens is 342 g/mol. The molecule has 6 nitrogen and oxygen atoms in total. The lowest BCUT2D eigenvalue weighted by molar-refractivity contribution is -0.149. The maximum atomic E-state index is 12.6. The summed E-state index contributed by atoms with van der Waals surface area (Å²) in [5.41, 5.74) is 4.78. The van der Waals surface area contributed by atoms with E-state index in [1.165, 1.54) is 5.06 Å². The normalized spacial score (nSPS) is 12.5. The Morgan fingerprint density at radius 3 is 2.07 bits per heavy atom. The van der Waals surface area contributed by atoms with E-state index in [0.29, 0.717) is 11.5 Å². The minimum absolute atomic E-state index is 0.232. The van der Waals surface area contributed by atoms with Gasteiger partial charge in [0.15, 0.2) is 0 Å². The highest BCUT2D eigenvalue weighted by atomic mass is 16.7. The summed E-state index contributed by atoms with van der Waals surface area (Å²) in [5, 5.41) is 1.27. The molecule has 0 atom stereocenters. The molecule has 0 bridgehead atoms. The van der Waals surface area contributed by atoms with E-state index in [1.54, 1.807) is 0 Å². The van der Waals surface area contributed by atoms with Crippen LogP contribution in [0.2, 0.25) is 0 Å². The fourth-order valence-corrected chi connectivity index (χ4v) is 3.17. The van der Waals surface area contributed by atoms with E-state index in [4.69, 9.17) is 15.4 Å². The lowest BCUT2D eigenvalue weighted by Crippen LogP contribution is -2.46. The summed E-state index contributed by atoms with van der Waals surface area (Å²) in [6.45, 7) is 0.232. The third-order valence-corrected chi connectivity index (χ3v) is 4.42. The zero-order valence-corrected chi connectivity index (χ0v) is 14.5. The van der Waals surface area contributed by atoms with Gasteiger partial charge in [-0.3, -0.25) is 10.3 Å². The summed E-state index contributed by atoms with van der Waals surface area (Å²) < 4.78 is 5.99. The van der Waals surface area contributed by atoms with Crippen LogP contribution in [-0.4, -0.2) is 11.1 Å². The highest BCUT2D eigenvalue weighted by Crippen LogP contribution is 2.45. The van der Waals surface area contributed by atoms with Crippen LogP contribution < -0.4 is 16.0 Å². The maximum absolute atomic E-state index is 12.6. The van der Waals surface area contributed by atoms with Gasteiger partial charge in [-0.2, -0.15) is 5.06 Å². The predicted octanol–water partition coefficient (Wildman–Crippen LogP) is 3.90. The molecule has 0 unspecified atom stereocenters. The number of fused-ring (bicyclic) bond motifs is 2. The van der Waals surface area contributed by atoms with Gasteiger partial charge in [0.1, 0.15) is 24.1 Å². The number of rotatable bonds is 4. The van der Waals surface area contributed by atoms with Gasteiger partial charge in [0.2, 0.25) is 0 Å². The van der Waals surface area contributed by atoms with E-state index in [0.717, 1.165) is 16.7 Å². The van der Waals surface area contributed by atoms with E-state index in [9.17, 15) is 4.79 Å². The van der Waals surface area contributed by atoms with Gasteiger partial charge in [-0.1, -0.05) is 66.7 Å². The summed E-state index contributed by atoms with van der Waals surface area (Å²) in [4.78, 5) is 18.5. The summed E-state index contributed by atoms with van der Waals surface area (Å²) in [6, 6.07) is 23.8. The first-order valence-corrected chi connectivity index (χ1v) is 8.60. The molecule has 0 aliphatic carbocycles. The number of carbonyl (C=O) groups excluding carboxylic acids is 1. The van der Waals surface area contributed by atoms with E-state index >= 15 is 0 Å². The van der Waals surface area contributed by atoms with Crippen molar-refractivity contribution in [1.29, 1.82) is 0 Å². The number of para-hydroxylation sites is 2. The number of nitrogens with two attached hydrogens (primary N) is 1. The highest BCUT2D eigenvalue weighted by Gasteiger charge is 2.35. The second-order valence-corrected chi connectivity index (χ2v) is 6.11. The van der Waals surface area contributed by atoms with Crippen molar-refractivity contribution < 1.29 is 14.4 Å². The molecule has 1 aliphatic heterocycles. The first-order chi connectivity index (χ1) is 13.3. The van der Waals surface area contributed by atoms with Crippen LogP contribution in [0.25, 0.3) is 0 Å².